The molecule has 0 rings (SSSR count). The maximum atomic E-state index is 11.6. The molecule has 0 aliphatic heterocycles. The molecule has 5 N–H and O–H groups in total. The van der Waals surface area contributed by atoms with Crippen LogP contribution in [0.1, 0.15) is 19.2 Å². The van der Waals surface area contributed by atoms with Crippen LogP contribution in [0.4, 0.5) is 0 Å². The second-order valence-electron chi connectivity index (χ2n) is 2.16. The summed E-state index contributed by atoms with van der Waals surface area (Å²) >= 11 is 0. The predicted octanol–water partition coefficient (Wildman–Crippen LogP) is -3.42. The summed E-state index contributed by atoms with van der Waals surface area (Å²) in [5.41, 5.74) is 0. The van der Waals surface area contributed by atoms with Crippen molar-refractivity contribution in [1.29, 1.82) is 0 Å². The summed E-state index contributed by atoms with van der Waals surface area (Å²) in [4.78, 5) is 22.8. The van der Waals surface area contributed by atoms with Crippen LogP contribution in [0.5, 0.6) is 0 Å². The van der Waals surface area contributed by atoms with Crippen LogP contribution < -0.4 is 0 Å². The summed E-state index contributed by atoms with van der Waals surface area (Å²) < 4.78 is 61.8. The van der Waals surface area contributed by atoms with Crippen molar-refractivity contribution in [3.63, 3.8) is 0 Å². The number of rotatable bonds is 6. The average Bonchev–Trinajstić information content (AvgIpc) is 2.33. The molecule has 0 heterocycles. The number of hydrogen-bond donors (Lipinski definition) is 5. The van der Waals surface area contributed by atoms with E-state index < -0.39 is 49.3 Å². The van der Waals surface area contributed by atoms with Crippen molar-refractivity contribution in [2.45, 2.75) is 31.2 Å². The van der Waals surface area contributed by atoms with E-state index in [0.29, 0.717) is 0 Å². The second-order valence-corrected chi connectivity index (χ2v) is 2.16. The lowest BCUT2D eigenvalue weighted by atomic mass is 9.99. The maximum Gasteiger partial charge on any atom is 0.229 e. The number of carbonyl (C=O) groups is 2. The first-order chi connectivity index (χ1) is 10.1. The average molecular weight is 231 g/mol. The molecule has 0 aromatic carbocycles. The van der Waals surface area contributed by atoms with Crippen molar-refractivity contribution in [3.8, 4) is 0 Å². The van der Waals surface area contributed by atoms with Gasteiger partial charge in [0.1, 0.15) is 24.3 Å². The molecule has 0 unspecified atom stereocenters. The van der Waals surface area contributed by atoms with Gasteiger partial charge in [0.15, 0.2) is 5.78 Å². The number of carbonyl (C=O) groups excluding carboxylic acids is 2. The molecule has 7 heteroatoms. The number of Topliss-reactive ketones (excluding diaryl/α,β-unsaturated/α-hetero) is 2. The zero-order valence-electron chi connectivity index (χ0n) is 16.1. The van der Waals surface area contributed by atoms with Crippen molar-refractivity contribution >= 4 is 11.6 Å². The third kappa shape index (κ3) is 3.65. The highest BCUT2D eigenvalue weighted by atomic mass is 16.4. The Balaban J connectivity index is 6.22. The fourth-order valence-corrected chi connectivity index (χ4v) is 0.492. The molecule has 0 bridgehead atoms. The van der Waals surface area contributed by atoms with Gasteiger partial charge in [-0.25, -0.2) is 0 Å². The van der Waals surface area contributed by atoms with E-state index in [4.69, 9.17) is 17.4 Å². The number of hydrogen-bond acceptors (Lipinski definition) is 7. The van der Waals surface area contributed by atoms with E-state index in [1.165, 1.54) is 0 Å². The smallest absolute Gasteiger partial charge is 0.229 e. The first kappa shape index (κ1) is 4.98. The largest absolute Gasteiger partial charge is 0.394 e. The Labute approximate surface area is 98.2 Å². The molecule has 4 atom stereocenters. The lowest BCUT2D eigenvalue weighted by Gasteiger charge is -2.24. The van der Waals surface area contributed by atoms with E-state index in [2.05, 4.69) is 0 Å². The zero-order valence-corrected chi connectivity index (χ0v) is 7.05. The van der Waals surface area contributed by atoms with Crippen LogP contribution in [0.25, 0.3) is 0 Å². The van der Waals surface area contributed by atoms with E-state index in [-0.39, 0.29) is 0 Å². The molecule has 0 saturated carbocycles. The van der Waals surface area contributed by atoms with Crippen molar-refractivity contribution in [3.05, 3.63) is 0 Å². The Hall–Kier alpha value is -0.860. The lowest BCUT2D eigenvalue weighted by molar-refractivity contribution is -0.153. The Morgan fingerprint density at radius 3 is 2.27 bits per heavy atom. The summed E-state index contributed by atoms with van der Waals surface area (Å²) in [6.07, 6.45) is -18.6. The predicted molar refractivity (Wildman–Crippen MR) is 46.8 cm³/mol. The number of ketones is 2. The molecule has 0 radical (unpaired) electrons. The van der Waals surface area contributed by atoms with Gasteiger partial charge in [0, 0.05) is 11.0 Å². The van der Waals surface area contributed by atoms with Crippen molar-refractivity contribution in [1.82, 2.24) is 0 Å². The third-order valence-electron chi connectivity index (χ3n) is 1.20. The molecular weight excluding hydrogens is 208 g/mol. The van der Waals surface area contributed by atoms with Crippen LogP contribution in [0.3, 0.4) is 0 Å². The van der Waals surface area contributed by atoms with E-state index >= 15 is 0 Å². The Morgan fingerprint density at radius 1 is 1.33 bits per heavy atom. The minimum atomic E-state index is -4.76. The van der Waals surface area contributed by atoms with Crippen LogP contribution >= 0.6 is 0 Å². The number of aliphatic hydroxyl groups is 5. The fraction of sp³-hybridized carbons (Fsp3) is 0.750. The molecule has 0 saturated heterocycles. The van der Waals surface area contributed by atoms with Gasteiger partial charge in [0.05, 0.1) is 14.8 Å². The van der Waals surface area contributed by atoms with Gasteiger partial charge in [-0.3, -0.25) is 9.59 Å². The Bertz CT molecular complexity index is 531. The first-order valence-corrected chi connectivity index (χ1v) is 3.28. The molecule has 0 fully saturated rings. The molecule has 0 aliphatic carbocycles. The minimum absolute atomic E-state index is 2.48. The van der Waals surface area contributed by atoms with E-state index in [9.17, 15) is 30.0 Å². The summed E-state index contributed by atoms with van der Waals surface area (Å²) in [6.45, 7) is -7.98. The summed E-state index contributed by atoms with van der Waals surface area (Å²) in [5, 5.41) is 47.1. The van der Waals surface area contributed by atoms with Gasteiger partial charge in [0.25, 0.3) is 0 Å². The lowest BCUT2D eigenvalue weighted by Crippen LogP contribution is -2.49. The van der Waals surface area contributed by atoms with E-state index in [1.807, 2.05) is 0 Å². The molecule has 0 amide bonds. The molecule has 0 aliphatic rings. The topological polar surface area (TPSA) is 135 Å². The van der Waals surface area contributed by atoms with Gasteiger partial charge in [-0.05, 0) is 0 Å². The molecule has 15 heavy (non-hydrogen) atoms. The van der Waals surface area contributed by atoms with Crippen molar-refractivity contribution in [2.75, 3.05) is 6.56 Å². The minimum Gasteiger partial charge on any atom is -0.394 e. The van der Waals surface area contributed by atoms with Crippen molar-refractivity contribution < 1.29 is 47.5 Å². The molecule has 7 nitrogen and oxygen atoms in total. The molecule has 0 aromatic rings. The quantitative estimate of drug-likeness (QED) is 0.300. The van der Waals surface area contributed by atoms with Crippen LogP contribution in [-0.4, -0.2) is 68.0 Å². The van der Waals surface area contributed by atoms with Gasteiger partial charge in [-0.2, -0.15) is 0 Å². The summed E-state index contributed by atoms with van der Waals surface area (Å²) in [5.74, 6) is -5.19. The fourth-order valence-electron chi connectivity index (χ4n) is 0.492. The Morgan fingerprint density at radius 2 is 1.87 bits per heavy atom. The molecule has 0 spiro atoms. The van der Waals surface area contributed by atoms with Gasteiger partial charge in [-0.15, -0.1) is 0 Å². The Kier molecular flexibility index (Phi) is 1.95. The van der Waals surface area contributed by atoms with Gasteiger partial charge < -0.3 is 25.5 Å². The van der Waals surface area contributed by atoms with Crippen molar-refractivity contribution in [2.24, 2.45) is 0 Å². The SMILES string of the molecule is [2H]C([2H])([2H])C(=O)C(=O)[C@]([2H])(O)[C@@]([2H])(O)[C@@]([2H])(O)[C@]([2H])(O)C([2H])([2H])O. The van der Waals surface area contributed by atoms with E-state index in [0.717, 1.165) is 0 Å². The monoisotopic (exact) mass is 231 g/mol. The third-order valence-corrected chi connectivity index (χ3v) is 1.20. The highest BCUT2D eigenvalue weighted by Gasteiger charge is 2.35. The van der Waals surface area contributed by atoms with Crippen LogP contribution in [-0.2, 0) is 9.59 Å². The highest BCUT2D eigenvalue weighted by molar-refractivity contribution is 6.38. The normalized spacial score (nSPS) is 38.1. The summed E-state index contributed by atoms with van der Waals surface area (Å²) in [7, 11) is 0. The molecular formula is C8H14O7. The van der Waals surface area contributed by atoms with Crippen LogP contribution in [0.2, 0.25) is 0 Å². The van der Waals surface area contributed by atoms with Gasteiger partial charge in [0.2, 0.25) is 5.78 Å². The van der Waals surface area contributed by atoms with Gasteiger partial charge in [-0.1, -0.05) is 0 Å². The molecule has 88 valence electrons. The zero-order chi connectivity index (χ0) is 20.2. The van der Waals surface area contributed by atoms with E-state index in [1.54, 1.807) is 0 Å². The van der Waals surface area contributed by atoms with Crippen LogP contribution in [0.15, 0.2) is 0 Å². The van der Waals surface area contributed by atoms with Gasteiger partial charge >= 0.3 is 0 Å². The second kappa shape index (κ2) is 5.89. The standard InChI is InChI=1S/C8H14O7/c1-3(10)5(12)7(14)8(15)6(13)4(11)2-9/h4,6-9,11,13-15H,2H2,1H3/t4-,6+,7+,8+/m1/s1/i1D3,2D2,4D,6D,7D,8D. The highest BCUT2D eigenvalue weighted by Crippen LogP contribution is 2.06. The summed E-state index contributed by atoms with van der Waals surface area (Å²) in [6, 6.07) is 0. The van der Waals surface area contributed by atoms with Crippen LogP contribution in [0, 0.1) is 0 Å². The maximum absolute atomic E-state index is 11.6. The molecule has 0 aromatic heterocycles. The first-order valence-electron chi connectivity index (χ1n) is 7.78.